The quantitative estimate of drug-likeness (QED) is 0.669. The van der Waals surface area contributed by atoms with Crippen molar-refractivity contribution in [1.29, 1.82) is 0 Å². The molecule has 4 nitrogen and oxygen atoms in total. The van der Waals surface area contributed by atoms with Crippen molar-refractivity contribution in [2.45, 2.75) is 11.8 Å². The molecule has 0 aliphatic rings. The summed E-state index contributed by atoms with van der Waals surface area (Å²) in [4.78, 5) is 18.0. The van der Waals surface area contributed by atoms with Crippen LogP contribution in [0.4, 0.5) is 4.39 Å². The average Bonchev–Trinajstić information content (AvgIpc) is 2.95. The van der Waals surface area contributed by atoms with Crippen molar-refractivity contribution in [1.82, 2.24) is 9.88 Å². The third-order valence-electron chi connectivity index (χ3n) is 3.33. The number of thioether (sulfide) groups is 1. The van der Waals surface area contributed by atoms with E-state index in [0.717, 1.165) is 11.1 Å². The van der Waals surface area contributed by atoms with Crippen LogP contribution in [-0.4, -0.2) is 28.6 Å². The zero-order chi connectivity index (χ0) is 16.2. The van der Waals surface area contributed by atoms with Crippen molar-refractivity contribution in [3.63, 3.8) is 0 Å². The van der Waals surface area contributed by atoms with Crippen LogP contribution in [0.25, 0.3) is 11.1 Å². The molecule has 118 valence electrons. The van der Waals surface area contributed by atoms with Crippen molar-refractivity contribution >= 4 is 28.8 Å². The maximum Gasteiger partial charge on any atom is 0.257 e. The van der Waals surface area contributed by atoms with E-state index in [-0.39, 0.29) is 17.5 Å². The van der Waals surface area contributed by atoms with E-state index in [0.29, 0.717) is 17.4 Å². The summed E-state index contributed by atoms with van der Waals surface area (Å²) in [5, 5.41) is 0.471. The predicted octanol–water partition coefficient (Wildman–Crippen LogP) is 3.72. The summed E-state index contributed by atoms with van der Waals surface area (Å²) in [6, 6.07) is 13.7. The SMILES string of the molecule is CN(Cc1cccc(F)c1)C(=O)CSc1nc2ccccc2o1. The van der Waals surface area contributed by atoms with E-state index < -0.39 is 0 Å². The molecule has 23 heavy (non-hydrogen) atoms. The molecule has 0 aliphatic heterocycles. The maximum absolute atomic E-state index is 13.2. The van der Waals surface area contributed by atoms with Gasteiger partial charge in [0.15, 0.2) is 5.58 Å². The van der Waals surface area contributed by atoms with E-state index in [2.05, 4.69) is 4.98 Å². The van der Waals surface area contributed by atoms with Gasteiger partial charge in [0, 0.05) is 13.6 Å². The van der Waals surface area contributed by atoms with Gasteiger partial charge in [0.2, 0.25) is 5.91 Å². The van der Waals surface area contributed by atoms with Gasteiger partial charge in [-0.2, -0.15) is 0 Å². The fourth-order valence-electron chi connectivity index (χ4n) is 2.14. The monoisotopic (exact) mass is 330 g/mol. The molecule has 1 amide bonds. The van der Waals surface area contributed by atoms with E-state index in [4.69, 9.17) is 4.42 Å². The Morgan fingerprint density at radius 1 is 1.26 bits per heavy atom. The summed E-state index contributed by atoms with van der Waals surface area (Å²) in [6.07, 6.45) is 0. The van der Waals surface area contributed by atoms with Gasteiger partial charge in [0.1, 0.15) is 11.3 Å². The topological polar surface area (TPSA) is 46.3 Å². The molecule has 0 spiro atoms. The number of carbonyl (C=O) groups is 1. The van der Waals surface area contributed by atoms with Crippen LogP contribution in [-0.2, 0) is 11.3 Å². The second kappa shape index (κ2) is 6.83. The molecule has 0 saturated carbocycles. The van der Waals surface area contributed by atoms with E-state index in [9.17, 15) is 9.18 Å². The lowest BCUT2D eigenvalue weighted by atomic mass is 10.2. The molecule has 0 unspecified atom stereocenters. The molecule has 0 fully saturated rings. The first-order valence-corrected chi connectivity index (χ1v) is 8.07. The number of para-hydroxylation sites is 2. The molecule has 0 saturated heterocycles. The van der Waals surface area contributed by atoms with Crippen molar-refractivity contribution in [3.05, 3.63) is 59.9 Å². The number of oxazole rings is 1. The highest BCUT2D eigenvalue weighted by molar-refractivity contribution is 7.99. The summed E-state index contributed by atoms with van der Waals surface area (Å²) in [5.41, 5.74) is 2.24. The predicted molar refractivity (Wildman–Crippen MR) is 87.6 cm³/mol. The van der Waals surface area contributed by atoms with Crippen molar-refractivity contribution in [2.75, 3.05) is 12.8 Å². The Kier molecular flexibility index (Phi) is 4.62. The fourth-order valence-corrected chi connectivity index (χ4v) is 2.92. The fraction of sp³-hybridized carbons (Fsp3) is 0.176. The van der Waals surface area contributed by atoms with Gasteiger partial charge < -0.3 is 9.32 Å². The summed E-state index contributed by atoms with van der Waals surface area (Å²) in [6.45, 7) is 0.366. The Morgan fingerprint density at radius 2 is 2.09 bits per heavy atom. The van der Waals surface area contributed by atoms with Crippen molar-refractivity contribution in [2.24, 2.45) is 0 Å². The van der Waals surface area contributed by atoms with Crippen LogP contribution in [0.2, 0.25) is 0 Å². The van der Waals surface area contributed by atoms with E-state index >= 15 is 0 Å². The van der Waals surface area contributed by atoms with Crippen LogP contribution in [0.3, 0.4) is 0 Å². The van der Waals surface area contributed by atoms with Crippen molar-refractivity contribution in [3.8, 4) is 0 Å². The zero-order valence-corrected chi connectivity index (χ0v) is 13.3. The summed E-state index contributed by atoms with van der Waals surface area (Å²) in [5.74, 6) is -0.149. The molecule has 0 bridgehead atoms. The molecule has 2 aromatic carbocycles. The lowest BCUT2D eigenvalue weighted by molar-refractivity contribution is -0.127. The Hall–Kier alpha value is -2.34. The first kappa shape index (κ1) is 15.6. The molecule has 6 heteroatoms. The molecule has 0 atom stereocenters. The van der Waals surface area contributed by atoms with Gasteiger partial charge in [0.05, 0.1) is 5.75 Å². The minimum atomic E-state index is -0.302. The largest absolute Gasteiger partial charge is 0.431 e. The van der Waals surface area contributed by atoms with Gasteiger partial charge in [-0.3, -0.25) is 4.79 Å². The number of benzene rings is 2. The van der Waals surface area contributed by atoms with Crippen LogP contribution in [0, 0.1) is 5.82 Å². The number of hydrogen-bond acceptors (Lipinski definition) is 4. The zero-order valence-electron chi connectivity index (χ0n) is 12.5. The number of nitrogens with zero attached hydrogens (tertiary/aromatic N) is 2. The highest BCUT2D eigenvalue weighted by atomic mass is 32.2. The summed E-state index contributed by atoms with van der Waals surface area (Å²) in [7, 11) is 1.69. The van der Waals surface area contributed by atoms with Crippen LogP contribution in [0.5, 0.6) is 0 Å². The Morgan fingerprint density at radius 3 is 2.87 bits per heavy atom. The number of halogens is 1. The summed E-state index contributed by atoms with van der Waals surface area (Å²) < 4.78 is 18.7. The molecule has 0 radical (unpaired) electrons. The first-order chi connectivity index (χ1) is 11.1. The lowest BCUT2D eigenvalue weighted by Gasteiger charge is -2.16. The minimum Gasteiger partial charge on any atom is -0.431 e. The van der Waals surface area contributed by atoms with Gasteiger partial charge in [-0.05, 0) is 29.8 Å². The van der Waals surface area contributed by atoms with Gasteiger partial charge in [-0.15, -0.1) is 0 Å². The summed E-state index contributed by atoms with van der Waals surface area (Å²) >= 11 is 1.25. The highest BCUT2D eigenvalue weighted by Crippen LogP contribution is 2.23. The molecule has 0 aliphatic carbocycles. The van der Waals surface area contributed by atoms with Crippen LogP contribution in [0.1, 0.15) is 5.56 Å². The van der Waals surface area contributed by atoms with E-state index in [1.54, 1.807) is 24.1 Å². The Balaban J connectivity index is 1.58. The van der Waals surface area contributed by atoms with Gasteiger partial charge >= 0.3 is 0 Å². The van der Waals surface area contributed by atoms with Gasteiger partial charge in [0.25, 0.3) is 5.22 Å². The molecular formula is C17H15FN2O2S. The second-order valence-electron chi connectivity index (χ2n) is 5.12. The molecule has 1 heterocycles. The molecule has 0 N–H and O–H groups in total. The molecule has 3 aromatic rings. The highest BCUT2D eigenvalue weighted by Gasteiger charge is 2.13. The number of aromatic nitrogens is 1. The smallest absolute Gasteiger partial charge is 0.257 e. The molecular weight excluding hydrogens is 315 g/mol. The average molecular weight is 330 g/mol. The van der Waals surface area contributed by atoms with Crippen molar-refractivity contribution < 1.29 is 13.6 Å². The molecule has 1 aromatic heterocycles. The lowest BCUT2D eigenvalue weighted by Crippen LogP contribution is -2.27. The van der Waals surface area contributed by atoms with E-state index in [1.807, 2.05) is 24.3 Å². The Bertz CT molecular complexity index is 801. The van der Waals surface area contributed by atoms with Gasteiger partial charge in [-0.1, -0.05) is 36.0 Å². The first-order valence-electron chi connectivity index (χ1n) is 7.08. The van der Waals surface area contributed by atoms with Crippen LogP contribution in [0.15, 0.2) is 58.2 Å². The molecule has 3 rings (SSSR count). The number of carbonyl (C=O) groups excluding carboxylic acids is 1. The Labute approximate surface area is 137 Å². The van der Waals surface area contributed by atoms with Crippen LogP contribution >= 0.6 is 11.8 Å². The third kappa shape index (κ3) is 3.90. The standard InChI is InChI=1S/C17H15FN2O2S/c1-20(10-12-5-4-6-13(18)9-12)16(21)11-23-17-19-14-7-2-3-8-15(14)22-17/h2-9H,10-11H2,1H3. The minimum absolute atomic E-state index is 0.0680. The number of hydrogen-bond donors (Lipinski definition) is 0. The number of amides is 1. The second-order valence-corrected chi connectivity index (χ2v) is 6.04. The normalized spacial score (nSPS) is 10.9. The number of fused-ring (bicyclic) bond motifs is 1. The maximum atomic E-state index is 13.2. The third-order valence-corrected chi connectivity index (χ3v) is 4.14. The van der Waals surface area contributed by atoms with Gasteiger partial charge in [-0.25, -0.2) is 9.37 Å². The van der Waals surface area contributed by atoms with E-state index in [1.165, 1.54) is 23.9 Å². The van der Waals surface area contributed by atoms with Crippen LogP contribution < -0.4 is 0 Å². The number of rotatable bonds is 5.